The van der Waals surface area contributed by atoms with Crippen molar-refractivity contribution in [1.29, 1.82) is 0 Å². The van der Waals surface area contributed by atoms with Crippen molar-refractivity contribution in [2.24, 2.45) is 0 Å². The normalized spacial score (nSPS) is 11.9. The topological polar surface area (TPSA) is 18.1 Å². The third-order valence-corrected chi connectivity index (χ3v) is 14.0. The predicted octanol–water partition coefficient (Wildman–Crippen LogP) is 18.0. The summed E-state index contributed by atoms with van der Waals surface area (Å²) in [5, 5.41) is 14.6. The number of hydrogen-bond donors (Lipinski definition) is 0. The van der Waals surface area contributed by atoms with E-state index in [4.69, 9.17) is 4.42 Å². The summed E-state index contributed by atoms with van der Waals surface area (Å²) in [5.74, 6) is 0. The quantitative estimate of drug-likeness (QED) is 0.158. The summed E-state index contributed by atoms with van der Waals surface area (Å²) < 4.78 is 9.21. The van der Waals surface area contributed by atoms with Gasteiger partial charge in [-0.3, -0.25) is 0 Å². The fraction of sp³-hybridized carbons (Fsp3) is 0. The van der Waals surface area contributed by atoms with Crippen molar-refractivity contribution < 1.29 is 4.42 Å². The first-order valence-corrected chi connectivity index (χ1v) is 22.8. The van der Waals surface area contributed by atoms with Crippen LogP contribution in [0.5, 0.6) is 0 Å². The zero-order valence-electron chi connectivity index (χ0n) is 35.9. The molecule has 0 aliphatic rings. The van der Waals surface area contributed by atoms with E-state index >= 15 is 0 Å². The molecule has 306 valence electrons. The number of furan rings is 1. The fourth-order valence-electron chi connectivity index (χ4n) is 11.3. The largest absolute Gasteiger partial charge is 0.456 e. The minimum Gasteiger partial charge on any atom is -0.456 e. The van der Waals surface area contributed by atoms with Gasteiger partial charge in [0.15, 0.2) is 0 Å². The highest BCUT2D eigenvalue weighted by atomic mass is 16.3. The molecular weight excluding hydrogens is 799 g/mol. The fourth-order valence-corrected chi connectivity index (χ4v) is 11.3. The predicted molar refractivity (Wildman–Crippen MR) is 280 cm³/mol. The highest BCUT2D eigenvalue weighted by molar-refractivity contribution is 6.27. The zero-order chi connectivity index (χ0) is 43.3. The Kier molecular flexibility index (Phi) is 8.02. The van der Waals surface area contributed by atoms with Crippen molar-refractivity contribution in [1.82, 2.24) is 4.57 Å². The van der Waals surface area contributed by atoms with Gasteiger partial charge in [0.05, 0.1) is 11.0 Å². The Bertz CT molecular complexity index is 4160. The lowest BCUT2D eigenvalue weighted by atomic mass is 9.84. The van der Waals surface area contributed by atoms with Crippen LogP contribution in [0.2, 0.25) is 0 Å². The van der Waals surface area contributed by atoms with Gasteiger partial charge in [-0.05, 0) is 136 Å². The molecule has 0 atom stereocenters. The zero-order valence-corrected chi connectivity index (χ0v) is 35.9. The first kappa shape index (κ1) is 36.7. The van der Waals surface area contributed by atoms with Gasteiger partial charge < -0.3 is 8.98 Å². The second-order valence-electron chi connectivity index (χ2n) is 17.5. The van der Waals surface area contributed by atoms with E-state index in [1.807, 2.05) is 0 Å². The van der Waals surface area contributed by atoms with Gasteiger partial charge in [-0.15, -0.1) is 0 Å². The van der Waals surface area contributed by atoms with Crippen LogP contribution < -0.4 is 0 Å². The van der Waals surface area contributed by atoms with Crippen molar-refractivity contribution in [2.75, 3.05) is 0 Å². The lowest BCUT2D eigenvalue weighted by molar-refractivity contribution is 0.669. The molecule has 14 rings (SSSR count). The molecule has 2 heteroatoms. The maximum Gasteiger partial charge on any atom is 0.136 e. The summed E-state index contributed by atoms with van der Waals surface area (Å²) in [6, 6.07) is 86.3. The molecule has 0 bridgehead atoms. The van der Waals surface area contributed by atoms with Gasteiger partial charge in [0.2, 0.25) is 0 Å². The molecule has 0 aliphatic carbocycles. The summed E-state index contributed by atoms with van der Waals surface area (Å²) in [6.45, 7) is 0. The molecule has 14 aromatic rings. The molecule has 2 aromatic heterocycles. The molecule has 0 N–H and O–H groups in total. The summed E-state index contributed by atoms with van der Waals surface area (Å²) >= 11 is 0. The second-order valence-corrected chi connectivity index (χ2v) is 17.5. The number of hydrogen-bond acceptors (Lipinski definition) is 1. The van der Waals surface area contributed by atoms with E-state index in [-0.39, 0.29) is 0 Å². The molecule has 0 radical (unpaired) electrons. The molecule has 2 nitrogen and oxygen atoms in total. The monoisotopic (exact) mass is 837 g/mol. The Morgan fingerprint density at radius 1 is 0.258 bits per heavy atom. The summed E-state index contributed by atoms with van der Waals surface area (Å²) in [4.78, 5) is 0. The van der Waals surface area contributed by atoms with Crippen molar-refractivity contribution in [2.45, 2.75) is 0 Å². The molecule has 0 saturated carbocycles. The Balaban J connectivity index is 0.968. The average molecular weight is 838 g/mol. The van der Waals surface area contributed by atoms with E-state index in [9.17, 15) is 0 Å². The van der Waals surface area contributed by atoms with Crippen molar-refractivity contribution in [3.63, 3.8) is 0 Å². The first-order valence-electron chi connectivity index (χ1n) is 22.8. The van der Waals surface area contributed by atoms with Crippen molar-refractivity contribution in [3.05, 3.63) is 237 Å². The van der Waals surface area contributed by atoms with Gasteiger partial charge >= 0.3 is 0 Å². The van der Waals surface area contributed by atoms with Crippen LogP contribution in [0.15, 0.2) is 241 Å². The Morgan fingerprint density at radius 2 is 0.712 bits per heavy atom. The SMILES string of the molecule is c1ccc(-c2c3ccccc3c(-c3ccc4oc5cc(-c6c7ccccc7c(-c7cccc8c7c7ccccc7n8-c7ccccc7)c7ccccc67)ccc5c4c3)c3ccccc23)cc1. The molecule has 66 heavy (non-hydrogen) atoms. The van der Waals surface area contributed by atoms with E-state index in [0.29, 0.717) is 0 Å². The lowest BCUT2D eigenvalue weighted by Crippen LogP contribution is -1.93. The van der Waals surface area contributed by atoms with Crippen LogP contribution in [0.3, 0.4) is 0 Å². The third-order valence-electron chi connectivity index (χ3n) is 14.0. The van der Waals surface area contributed by atoms with Crippen LogP contribution in [-0.4, -0.2) is 4.57 Å². The van der Waals surface area contributed by atoms with Gasteiger partial charge in [0.25, 0.3) is 0 Å². The van der Waals surface area contributed by atoms with Gasteiger partial charge in [-0.1, -0.05) is 188 Å². The Labute approximate surface area is 380 Å². The van der Waals surface area contributed by atoms with E-state index < -0.39 is 0 Å². The van der Waals surface area contributed by atoms with E-state index in [2.05, 4.69) is 241 Å². The van der Waals surface area contributed by atoms with Crippen LogP contribution in [0.25, 0.3) is 137 Å². The number of fused-ring (bicyclic) bond motifs is 10. The maximum absolute atomic E-state index is 6.80. The van der Waals surface area contributed by atoms with Crippen LogP contribution in [0, 0.1) is 0 Å². The van der Waals surface area contributed by atoms with Gasteiger partial charge in [-0.2, -0.15) is 0 Å². The summed E-state index contributed by atoms with van der Waals surface area (Å²) in [5.41, 5.74) is 15.1. The molecule has 0 amide bonds. The summed E-state index contributed by atoms with van der Waals surface area (Å²) in [6.07, 6.45) is 0. The van der Waals surface area contributed by atoms with E-state index in [1.54, 1.807) is 0 Å². The van der Waals surface area contributed by atoms with Crippen LogP contribution in [0.4, 0.5) is 0 Å². The highest BCUT2D eigenvalue weighted by Gasteiger charge is 2.23. The van der Waals surface area contributed by atoms with E-state index in [0.717, 1.165) is 33.2 Å². The van der Waals surface area contributed by atoms with Gasteiger partial charge in [0.1, 0.15) is 11.2 Å². The molecule has 12 aromatic carbocycles. The third kappa shape index (κ3) is 5.36. The van der Waals surface area contributed by atoms with Crippen LogP contribution in [-0.2, 0) is 0 Å². The Morgan fingerprint density at radius 3 is 1.30 bits per heavy atom. The smallest absolute Gasteiger partial charge is 0.136 e. The van der Waals surface area contributed by atoms with Crippen LogP contribution >= 0.6 is 0 Å². The molecule has 0 fully saturated rings. The van der Waals surface area contributed by atoms with Gasteiger partial charge in [-0.25, -0.2) is 0 Å². The van der Waals surface area contributed by atoms with Gasteiger partial charge in [0, 0.05) is 27.2 Å². The number of aromatic nitrogens is 1. The van der Waals surface area contributed by atoms with Crippen LogP contribution in [0.1, 0.15) is 0 Å². The first-order chi connectivity index (χ1) is 32.8. The van der Waals surface area contributed by atoms with E-state index in [1.165, 1.54) is 104 Å². The molecule has 0 spiro atoms. The summed E-state index contributed by atoms with van der Waals surface area (Å²) in [7, 11) is 0. The highest BCUT2D eigenvalue weighted by Crippen LogP contribution is 2.49. The Hall–Kier alpha value is -8.72. The number of benzene rings is 12. The molecular formula is C64H39NO. The average Bonchev–Trinajstić information content (AvgIpc) is 3.93. The second kappa shape index (κ2) is 14.4. The molecule has 0 aliphatic heterocycles. The number of nitrogens with zero attached hydrogens (tertiary/aromatic N) is 1. The maximum atomic E-state index is 6.80. The molecule has 0 saturated heterocycles. The molecule has 2 heterocycles. The number of rotatable bonds is 5. The van der Waals surface area contributed by atoms with Crippen molar-refractivity contribution in [3.8, 4) is 50.2 Å². The van der Waals surface area contributed by atoms with Crippen molar-refractivity contribution >= 4 is 86.8 Å². The molecule has 0 unspecified atom stereocenters. The standard InChI is InChI=1S/C64H39NO/c1-3-18-40(19-4-1)60-45-22-7-9-24-47(45)61(48-25-10-8-23-46(48)60)41-35-37-58-55(38-41)44-36-34-42(39-59(44)66-58)62-49-26-11-13-28-51(49)63(52-29-14-12-27-50(52)62)54-31-17-33-57-64(54)53-30-15-16-32-56(53)65(57)43-20-5-2-6-21-43/h1-39H. The number of para-hydroxylation sites is 2. The minimum atomic E-state index is 0.879. The minimum absolute atomic E-state index is 0.879. The lowest BCUT2D eigenvalue weighted by Gasteiger charge is -2.18.